The Hall–Kier alpha value is -1.19. The highest BCUT2D eigenvalue weighted by Gasteiger charge is 2.32. The largest absolute Gasteiger partial charge is 0.573 e. The molecule has 1 fully saturated rings. The van der Waals surface area contributed by atoms with Gasteiger partial charge in [-0.05, 0) is 42.9 Å². The zero-order valence-corrected chi connectivity index (χ0v) is 7.97. The van der Waals surface area contributed by atoms with Crippen LogP contribution < -0.4 is 4.74 Å². The van der Waals surface area contributed by atoms with Gasteiger partial charge in [-0.3, -0.25) is 0 Å². The molecule has 0 spiro atoms. The van der Waals surface area contributed by atoms with Gasteiger partial charge in [0.05, 0.1) is 0 Å². The Bertz CT molecular complexity index is 367. The predicted molar refractivity (Wildman–Crippen MR) is 49.6 cm³/mol. The van der Waals surface area contributed by atoms with Gasteiger partial charge in [0, 0.05) is 0 Å². The second-order valence-corrected chi connectivity index (χ2v) is 3.69. The van der Waals surface area contributed by atoms with Gasteiger partial charge in [-0.25, -0.2) is 0 Å². The predicted octanol–water partition coefficient (Wildman–Crippen LogP) is 3.64. The van der Waals surface area contributed by atoms with Crippen LogP contribution in [0, 0.1) is 6.92 Å². The van der Waals surface area contributed by atoms with E-state index >= 15 is 0 Å². The van der Waals surface area contributed by atoms with Gasteiger partial charge in [-0.1, -0.05) is 12.1 Å². The highest BCUT2D eigenvalue weighted by molar-refractivity contribution is 5.41. The topological polar surface area (TPSA) is 9.23 Å². The molecule has 1 nitrogen and oxygen atoms in total. The average Bonchev–Trinajstić information content (AvgIpc) is 2.89. The smallest absolute Gasteiger partial charge is 0.406 e. The highest BCUT2D eigenvalue weighted by atomic mass is 19.4. The molecule has 1 aliphatic carbocycles. The molecule has 0 atom stereocenters. The van der Waals surface area contributed by atoms with Crippen LogP contribution in [0.1, 0.15) is 29.9 Å². The van der Waals surface area contributed by atoms with Crippen LogP contribution >= 0.6 is 0 Å². The van der Waals surface area contributed by atoms with Gasteiger partial charge in [0.1, 0.15) is 5.75 Å². The average molecular weight is 215 g/mol. The molecular formula is C11H10F3O. The van der Waals surface area contributed by atoms with Gasteiger partial charge >= 0.3 is 6.36 Å². The monoisotopic (exact) mass is 215 g/mol. The molecule has 1 radical (unpaired) electrons. The Morgan fingerprint density at radius 3 is 2.40 bits per heavy atom. The number of alkyl halides is 3. The summed E-state index contributed by atoms with van der Waals surface area (Å²) >= 11 is 0. The van der Waals surface area contributed by atoms with Crippen LogP contribution in [-0.4, -0.2) is 6.36 Å². The van der Waals surface area contributed by atoms with Crippen LogP contribution in [0.2, 0.25) is 0 Å². The summed E-state index contributed by atoms with van der Waals surface area (Å²) in [6.07, 6.45) is -2.43. The van der Waals surface area contributed by atoms with E-state index in [1.54, 1.807) is 12.1 Å². The quantitative estimate of drug-likeness (QED) is 0.731. The van der Waals surface area contributed by atoms with E-state index in [0.29, 0.717) is 5.92 Å². The number of hydrogen-bond acceptors (Lipinski definition) is 1. The molecule has 0 bridgehead atoms. The van der Waals surface area contributed by atoms with Crippen molar-refractivity contribution in [3.8, 4) is 5.75 Å². The summed E-state index contributed by atoms with van der Waals surface area (Å²) in [7, 11) is 0. The zero-order chi connectivity index (χ0) is 11.1. The van der Waals surface area contributed by atoms with Gasteiger partial charge in [-0.2, -0.15) is 0 Å². The summed E-state index contributed by atoms with van der Waals surface area (Å²) in [5.74, 6) is 0.289. The SMILES string of the molecule is [CH2]c1cc(C2CC2)ccc1OC(F)(F)F. The molecular weight excluding hydrogens is 205 g/mol. The van der Waals surface area contributed by atoms with Gasteiger partial charge in [0.2, 0.25) is 0 Å². The van der Waals surface area contributed by atoms with Crippen LogP contribution in [0.25, 0.3) is 0 Å². The molecule has 1 aliphatic rings. The molecule has 2 rings (SSSR count). The first kappa shape index (κ1) is 10.3. The Balaban J connectivity index is 2.18. The zero-order valence-electron chi connectivity index (χ0n) is 7.97. The second kappa shape index (κ2) is 3.43. The molecule has 4 heteroatoms. The van der Waals surface area contributed by atoms with E-state index in [2.05, 4.69) is 11.7 Å². The van der Waals surface area contributed by atoms with Gasteiger partial charge in [0.15, 0.2) is 0 Å². The summed E-state index contributed by atoms with van der Waals surface area (Å²) in [5, 5.41) is 0. The van der Waals surface area contributed by atoms with Crippen LogP contribution in [0.5, 0.6) is 5.75 Å². The van der Waals surface area contributed by atoms with E-state index in [-0.39, 0.29) is 11.3 Å². The van der Waals surface area contributed by atoms with Crippen molar-refractivity contribution in [2.24, 2.45) is 0 Å². The third-order valence-electron chi connectivity index (χ3n) is 2.36. The minimum atomic E-state index is -4.65. The molecule has 0 aliphatic heterocycles. The van der Waals surface area contributed by atoms with E-state index in [1.165, 1.54) is 6.07 Å². The van der Waals surface area contributed by atoms with E-state index in [4.69, 9.17) is 0 Å². The van der Waals surface area contributed by atoms with E-state index in [1.807, 2.05) is 0 Å². The molecule has 1 aromatic rings. The van der Waals surface area contributed by atoms with E-state index < -0.39 is 6.36 Å². The normalized spacial score (nSPS) is 16.5. The summed E-state index contributed by atoms with van der Waals surface area (Å²) in [6.45, 7) is 3.55. The molecule has 0 saturated heterocycles. The maximum Gasteiger partial charge on any atom is 0.573 e. The van der Waals surface area contributed by atoms with Crippen molar-refractivity contribution in [3.05, 3.63) is 36.2 Å². The molecule has 0 heterocycles. The van der Waals surface area contributed by atoms with Crippen LogP contribution in [0.3, 0.4) is 0 Å². The Morgan fingerprint density at radius 1 is 1.27 bits per heavy atom. The third-order valence-corrected chi connectivity index (χ3v) is 2.36. The maximum absolute atomic E-state index is 11.9. The standard InChI is InChI=1S/C11H10F3O/c1-7-6-9(8-2-3-8)4-5-10(7)15-11(12,13)14/h4-6,8H,1-3H2. The van der Waals surface area contributed by atoms with Crippen molar-refractivity contribution in [1.82, 2.24) is 0 Å². The van der Waals surface area contributed by atoms with Crippen LogP contribution in [-0.2, 0) is 0 Å². The lowest BCUT2D eigenvalue weighted by molar-refractivity contribution is -0.274. The van der Waals surface area contributed by atoms with Gasteiger partial charge < -0.3 is 4.74 Å². The Kier molecular flexibility index (Phi) is 2.37. The number of hydrogen-bond donors (Lipinski definition) is 0. The summed E-state index contributed by atoms with van der Waals surface area (Å²) in [5.41, 5.74) is 1.34. The molecule has 1 aromatic carbocycles. The highest BCUT2D eigenvalue weighted by Crippen LogP contribution is 2.41. The summed E-state index contributed by atoms with van der Waals surface area (Å²) < 4.78 is 39.7. The second-order valence-electron chi connectivity index (χ2n) is 3.69. The number of benzene rings is 1. The maximum atomic E-state index is 11.9. The first-order valence-electron chi connectivity index (χ1n) is 4.67. The van der Waals surface area contributed by atoms with Crippen LogP contribution in [0.15, 0.2) is 18.2 Å². The lowest BCUT2D eigenvalue weighted by Crippen LogP contribution is -2.17. The summed E-state index contributed by atoms with van der Waals surface area (Å²) in [4.78, 5) is 0. The molecule has 81 valence electrons. The van der Waals surface area contributed by atoms with Crippen molar-refractivity contribution in [2.75, 3.05) is 0 Å². The molecule has 1 saturated carbocycles. The summed E-state index contributed by atoms with van der Waals surface area (Å²) in [6, 6.07) is 4.68. The molecule has 15 heavy (non-hydrogen) atoms. The molecule has 0 aromatic heterocycles. The number of halogens is 3. The lowest BCUT2D eigenvalue weighted by Gasteiger charge is -2.12. The number of rotatable bonds is 2. The van der Waals surface area contributed by atoms with E-state index in [0.717, 1.165) is 18.4 Å². The first-order chi connectivity index (χ1) is 6.96. The van der Waals surface area contributed by atoms with E-state index in [9.17, 15) is 13.2 Å². The van der Waals surface area contributed by atoms with Gasteiger partial charge in [0.25, 0.3) is 0 Å². The fourth-order valence-corrected chi connectivity index (χ4v) is 1.49. The van der Waals surface area contributed by atoms with Crippen LogP contribution in [0.4, 0.5) is 13.2 Å². The van der Waals surface area contributed by atoms with Crippen molar-refractivity contribution < 1.29 is 17.9 Å². The van der Waals surface area contributed by atoms with Crippen molar-refractivity contribution >= 4 is 0 Å². The van der Waals surface area contributed by atoms with Crippen molar-refractivity contribution in [2.45, 2.75) is 25.1 Å². The van der Waals surface area contributed by atoms with Crippen molar-refractivity contribution in [1.29, 1.82) is 0 Å². The fourth-order valence-electron chi connectivity index (χ4n) is 1.49. The minimum absolute atomic E-state index is 0.216. The molecule has 0 amide bonds. The molecule has 0 unspecified atom stereocenters. The Morgan fingerprint density at radius 2 is 1.93 bits per heavy atom. The molecule has 0 N–H and O–H groups in total. The lowest BCUT2D eigenvalue weighted by atomic mass is 10.1. The first-order valence-corrected chi connectivity index (χ1v) is 4.67. The number of ether oxygens (including phenoxy) is 1. The third kappa shape index (κ3) is 2.64. The van der Waals surface area contributed by atoms with Gasteiger partial charge in [-0.15, -0.1) is 13.2 Å². The Labute approximate surface area is 85.9 Å². The minimum Gasteiger partial charge on any atom is -0.406 e. The fraction of sp³-hybridized carbons (Fsp3) is 0.364. The van der Waals surface area contributed by atoms with Crippen molar-refractivity contribution in [3.63, 3.8) is 0 Å².